The Kier molecular flexibility index (Phi) is 3.56. The van der Waals surface area contributed by atoms with Gasteiger partial charge in [0.1, 0.15) is 11.0 Å². The van der Waals surface area contributed by atoms with Crippen LogP contribution in [-0.4, -0.2) is 26.2 Å². The molecule has 18 heavy (non-hydrogen) atoms. The molecule has 0 saturated heterocycles. The summed E-state index contributed by atoms with van der Waals surface area (Å²) in [5.41, 5.74) is 2.28. The number of alkyl halides is 6. The van der Waals surface area contributed by atoms with Crippen LogP contribution in [0, 0.1) is 0 Å². The van der Waals surface area contributed by atoms with Crippen molar-refractivity contribution in [2.24, 2.45) is 5.73 Å². The monoisotopic (exact) mass is 292 g/mol. The predicted molar refractivity (Wildman–Crippen MR) is 51.7 cm³/mol. The van der Waals surface area contributed by atoms with Gasteiger partial charge in [-0.05, 0) is 6.92 Å². The van der Waals surface area contributed by atoms with Crippen molar-refractivity contribution in [3.05, 3.63) is 11.4 Å². The van der Waals surface area contributed by atoms with E-state index in [0.29, 0.717) is 6.92 Å². The van der Waals surface area contributed by atoms with E-state index in [1.54, 1.807) is 0 Å². The molecule has 0 fully saturated rings. The number of halogens is 6. The molecule has 11 heteroatoms. The summed E-state index contributed by atoms with van der Waals surface area (Å²) in [7, 11) is 0. The summed E-state index contributed by atoms with van der Waals surface area (Å²) in [4.78, 5) is -0.775. The van der Waals surface area contributed by atoms with Gasteiger partial charge in [-0.3, -0.25) is 0 Å². The van der Waals surface area contributed by atoms with Crippen LogP contribution >= 0.6 is 12.2 Å². The SMILES string of the molecule is CC(n1nnc(C(N)=S)c1C(F)(F)F)C(F)(F)F. The Morgan fingerprint density at radius 3 is 2.11 bits per heavy atom. The van der Waals surface area contributed by atoms with E-state index in [0.717, 1.165) is 0 Å². The van der Waals surface area contributed by atoms with Gasteiger partial charge in [-0.2, -0.15) is 26.3 Å². The van der Waals surface area contributed by atoms with Crippen LogP contribution in [0.5, 0.6) is 0 Å². The number of nitrogens with zero attached hydrogens (tertiary/aromatic N) is 3. The van der Waals surface area contributed by atoms with Gasteiger partial charge in [0, 0.05) is 0 Å². The average molecular weight is 292 g/mol. The third-order valence-corrected chi connectivity index (χ3v) is 2.23. The number of aromatic nitrogens is 3. The Morgan fingerprint density at radius 1 is 1.28 bits per heavy atom. The molecule has 1 aromatic heterocycles. The first-order valence-electron chi connectivity index (χ1n) is 4.35. The number of hydrogen-bond donors (Lipinski definition) is 1. The van der Waals surface area contributed by atoms with Crippen molar-refractivity contribution in [1.82, 2.24) is 15.0 Å². The quantitative estimate of drug-likeness (QED) is 0.669. The van der Waals surface area contributed by atoms with E-state index in [2.05, 4.69) is 22.5 Å². The maximum Gasteiger partial charge on any atom is 0.435 e. The van der Waals surface area contributed by atoms with E-state index in [4.69, 9.17) is 5.73 Å². The standard InChI is InChI=1S/C7H6F6N4S/c1-2(6(8,9)10)17-4(7(11,12)13)3(5(14)18)15-16-17/h2H,1H3,(H2,14,18). The van der Waals surface area contributed by atoms with E-state index in [1.807, 2.05) is 0 Å². The van der Waals surface area contributed by atoms with Crippen LogP contribution in [0.25, 0.3) is 0 Å². The number of nitrogens with two attached hydrogens (primary N) is 1. The summed E-state index contributed by atoms with van der Waals surface area (Å²) in [5, 5.41) is 5.77. The summed E-state index contributed by atoms with van der Waals surface area (Å²) < 4.78 is 74.9. The van der Waals surface area contributed by atoms with Crippen molar-refractivity contribution in [1.29, 1.82) is 0 Å². The summed E-state index contributed by atoms with van der Waals surface area (Å²) >= 11 is 4.29. The Labute approximate surface area is 102 Å². The van der Waals surface area contributed by atoms with Gasteiger partial charge in [0.25, 0.3) is 0 Å². The van der Waals surface area contributed by atoms with E-state index in [-0.39, 0.29) is 4.68 Å². The fourth-order valence-electron chi connectivity index (χ4n) is 1.13. The number of hydrogen-bond acceptors (Lipinski definition) is 3. The summed E-state index contributed by atoms with van der Waals surface area (Å²) in [6, 6.07) is -2.50. The van der Waals surface area contributed by atoms with Crippen molar-refractivity contribution in [3.8, 4) is 0 Å². The minimum atomic E-state index is -5.10. The Morgan fingerprint density at radius 2 is 1.78 bits per heavy atom. The molecule has 1 aromatic rings. The maximum absolute atomic E-state index is 12.7. The summed E-state index contributed by atoms with van der Waals surface area (Å²) in [6.07, 6.45) is -10.00. The number of thiocarbonyl (C=S) groups is 1. The minimum absolute atomic E-state index is 0.283. The second kappa shape index (κ2) is 4.37. The lowest BCUT2D eigenvalue weighted by Gasteiger charge is -2.19. The van der Waals surface area contributed by atoms with Crippen LogP contribution in [0.1, 0.15) is 24.4 Å². The molecular weight excluding hydrogens is 286 g/mol. The summed E-state index contributed by atoms with van der Waals surface area (Å²) in [5.74, 6) is 0. The van der Waals surface area contributed by atoms with Crippen molar-refractivity contribution < 1.29 is 26.3 Å². The van der Waals surface area contributed by atoms with Crippen molar-refractivity contribution in [2.75, 3.05) is 0 Å². The van der Waals surface area contributed by atoms with Gasteiger partial charge in [0.05, 0.1) is 0 Å². The molecule has 1 heterocycles. The lowest BCUT2D eigenvalue weighted by molar-refractivity contribution is -0.177. The van der Waals surface area contributed by atoms with Gasteiger partial charge in [0.2, 0.25) is 0 Å². The zero-order valence-corrected chi connectivity index (χ0v) is 9.49. The second-order valence-corrected chi connectivity index (χ2v) is 3.75. The van der Waals surface area contributed by atoms with Crippen molar-refractivity contribution in [3.63, 3.8) is 0 Å². The first kappa shape index (κ1) is 14.7. The highest BCUT2D eigenvalue weighted by Gasteiger charge is 2.46. The normalized spacial score (nSPS) is 14.6. The van der Waals surface area contributed by atoms with Crippen LogP contribution in [0.2, 0.25) is 0 Å². The van der Waals surface area contributed by atoms with Crippen molar-refractivity contribution >= 4 is 17.2 Å². The molecule has 102 valence electrons. The van der Waals surface area contributed by atoms with Crippen LogP contribution < -0.4 is 5.73 Å². The Balaban J connectivity index is 3.44. The zero-order chi connectivity index (χ0) is 14.3. The molecule has 0 radical (unpaired) electrons. The van der Waals surface area contributed by atoms with Gasteiger partial charge in [-0.15, -0.1) is 5.10 Å². The third kappa shape index (κ3) is 2.71. The Bertz CT molecular complexity index is 461. The van der Waals surface area contributed by atoms with Crippen molar-refractivity contribution in [2.45, 2.75) is 25.3 Å². The van der Waals surface area contributed by atoms with E-state index in [1.165, 1.54) is 0 Å². The highest BCUT2D eigenvalue weighted by atomic mass is 32.1. The molecule has 0 spiro atoms. The van der Waals surface area contributed by atoms with E-state index in [9.17, 15) is 26.3 Å². The molecule has 2 N–H and O–H groups in total. The van der Waals surface area contributed by atoms with Crippen LogP contribution in [-0.2, 0) is 6.18 Å². The minimum Gasteiger partial charge on any atom is -0.388 e. The fraction of sp³-hybridized carbons (Fsp3) is 0.571. The largest absolute Gasteiger partial charge is 0.435 e. The smallest absolute Gasteiger partial charge is 0.388 e. The zero-order valence-electron chi connectivity index (χ0n) is 8.67. The molecule has 4 nitrogen and oxygen atoms in total. The van der Waals surface area contributed by atoms with Gasteiger partial charge < -0.3 is 5.73 Å². The van der Waals surface area contributed by atoms with Gasteiger partial charge in [0.15, 0.2) is 11.4 Å². The van der Waals surface area contributed by atoms with Crippen LogP contribution in [0.3, 0.4) is 0 Å². The number of rotatable bonds is 2. The first-order valence-corrected chi connectivity index (χ1v) is 4.76. The maximum atomic E-state index is 12.7. The Hall–Kier alpha value is -1.39. The molecule has 0 bridgehead atoms. The van der Waals surface area contributed by atoms with Gasteiger partial charge in [-0.1, -0.05) is 17.4 Å². The fourth-order valence-corrected chi connectivity index (χ4v) is 1.27. The highest BCUT2D eigenvalue weighted by Crippen LogP contribution is 2.37. The van der Waals surface area contributed by atoms with Gasteiger partial charge >= 0.3 is 12.4 Å². The second-order valence-electron chi connectivity index (χ2n) is 3.31. The average Bonchev–Trinajstić information content (AvgIpc) is 2.57. The molecule has 1 unspecified atom stereocenters. The van der Waals surface area contributed by atoms with Crippen LogP contribution in [0.15, 0.2) is 0 Å². The summed E-state index contributed by atoms with van der Waals surface area (Å²) in [6.45, 7) is 0.521. The van der Waals surface area contributed by atoms with Gasteiger partial charge in [-0.25, -0.2) is 4.68 Å². The molecular formula is C7H6F6N4S. The van der Waals surface area contributed by atoms with E-state index >= 15 is 0 Å². The first-order chi connectivity index (χ1) is 7.96. The highest BCUT2D eigenvalue weighted by molar-refractivity contribution is 7.80. The molecule has 0 aliphatic heterocycles. The lowest BCUT2D eigenvalue weighted by atomic mass is 10.2. The molecule has 0 aliphatic carbocycles. The molecule has 0 aliphatic rings. The molecule has 0 amide bonds. The molecule has 0 aromatic carbocycles. The molecule has 0 saturated carbocycles. The van der Waals surface area contributed by atoms with E-state index < -0.39 is 34.8 Å². The lowest BCUT2D eigenvalue weighted by Crippen LogP contribution is -2.29. The third-order valence-electron chi connectivity index (χ3n) is 2.04. The molecule has 1 rings (SSSR count). The predicted octanol–water partition coefficient (Wildman–Crippen LogP) is 2.05. The molecule has 1 atom stereocenters. The van der Waals surface area contributed by atoms with Crippen LogP contribution in [0.4, 0.5) is 26.3 Å². The topological polar surface area (TPSA) is 56.7 Å².